The quantitative estimate of drug-likeness (QED) is 0.688. The van der Waals surface area contributed by atoms with Crippen molar-refractivity contribution in [3.05, 3.63) is 74.7 Å². The van der Waals surface area contributed by atoms with Gasteiger partial charge in [-0.25, -0.2) is 0 Å². The predicted molar refractivity (Wildman–Crippen MR) is 81.0 cm³/mol. The van der Waals surface area contributed by atoms with Crippen LogP contribution in [0.4, 0.5) is 0 Å². The fourth-order valence-corrected chi connectivity index (χ4v) is 2.05. The largest absolute Gasteiger partial charge is 0.0795 e. The van der Waals surface area contributed by atoms with E-state index >= 15 is 0 Å². The van der Waals surface area contributed by atoms with Crippen LogP contribution in [0.3, 0.4) is 0 Å². The zero-order valence-electron chi connectivity index (χ0n) is 9.24. The third-order valence-electron chi connectivity index (χ3n) is 2.45. The van der Waals surface area contributed by atoms with Crippen LogP contribution in [0, 0.1) is 0 Å². The van der Waals surface area contributed by atoms with E-state index in [0.717, 1.165) is 15.4 Å². The molecule has 2 heteroatoms. The van der Waals surface area contributed by atoms with Gasteiger partial charge < -0.3 is 0 Å². The average molecular weight is 352 g/mol. The molecule has 0 aliphatic heterocycles. The monoisotopic (exact) mass is 350 g/mol. The highest BCUT2D eigenvalue weighted by Crippen LogP contribution is 2.13. The van der Waals surface area contributed by atoms with E-state index in [-0.39, 0.29) is 0 Å². The Kier molecular flexibility index (Phi) is 4.57. The van der Waals surface area contributed by atoms with Crippen molar-refractivity contribution >= 4 is 37.9 Å². The molecular formula is C15H12Br2. The SMILES string of the molecule is Brc1ccc(C=CCc2ccc(Br)cc2)cc1. The standard InChI is InChI=1S/C15H12Br2/c16-14-8-4-12(5-9-14)2-1-3-13-6-10-15(17)11-7-13/h1-2,4-11H,3H2. The van der Waals surface area contributed by atoms with Crippen molar-refractivity contribution in [2.45, 2.75) is 6.42 Å². The van der Waals surface area contributed by atoms with Crippen LogP contribution in [-0.2, 0) is 6.42 Å². The minimum Gasteiger partial charge on any atom is -0.0795 e. The van der Waals surface area contributed by atoms with Gasteiger partial charge in [-0.1, -0.05) is 68.3 Å². The molecule has 0 atom stereocenters. The average Bonchev–Trinajstić information content (AvgIpc) is 2.34. The summed E-state index contributed by atoms with van der Waals surface area (Å²) in [6, 6.07) is 16.7. The molecule has 0 radical (unpaired) electrons. The molecular weight excluding hydrogens is 340 g/mol. The van der Waals surface area contributed by atoms with Gasteiger partial charge in [0.1, 0.15) is 0 Å². The third-order valence-corrected chi connectivity index (χ3v) is 3.50. The van der Waals surface area contributed by atoms with Gasteiger partial charge in [-0.2, -0.15) is 0 Å². The Morgan fingerprint density at radius 1 is 0.765 bits per heavy atom. The first-order valence-corrected chi connectivity index (χ1v) is 6.99. The molecule has 2 aromatic carbocycles. The van der Waals surface area contributed by atoms with E-state index in [1.165, 1.54) is 11.1 Å². The number of hydrogen-bond donors (Lipinski definition) is 0. The summed E-state index contributed by atoms with van der Waals surface area (Å²) in [4.78, 5) is 0. The first-order chi connectivity index (χ1) is 8.24. The maximum Gasteiger partial charge on any atom is 0.0175 e. The van der Waals surface area contributed by atoms with Gasteiger partial charge in [0.15, 0.2) is 0 Å². The van der Waals surface area contributed by atoms with E-state index in [4.69, 9.17) is 0 Å². The van der Waals surface area contributed by atoms with Gasteiger partial charge in [0.2, 0.25) is 0 Å². The van der Waals surface area contributed by atoms with E-state index in [9.17, 15) is 0 Å². The second kappa shape index (κ2) is 6.18. The van der Waals surface area contributed by atoms with Crippen LogP contribution in [0.1, 0.15) is 11.1 Å². The van der Waals surface area contributed by atoms with Crippen molar-refractivity contribution in [1.29, 1.82) is 0 Å². The minimum atomic E-state index is 0.962. The summed E-state index contributed by atoms with van der Waals surface area (Å²) in [5.74, 6) is 0. The van der Waals surface area contributed by atoms with Crippen LogP contribution in [-0.4, -0.2) is 0 Å². The lowest BCUT2D eigenvalue weighted by atomic mass is 10.1. The Morgan fingerprint density at radius 2 is 1.29 bits per heavy atom. The van der Waals surface area contributed by atoms with E-state index in [0.29, 0.717) is 0 Å². The topological polar surface area (TPSA) is 0 Å². The molecule has 0 unspecified atom stereocenters. The van der Waals surface area contributed by atoms with Gasteiger partial charge >= 0.3 is 0 Å². The molecule has 0 fully saturated rings. The van der Waals surface area contributed by atoms with Crippen molar-refractivity contribution in [2.24, 2.45) is 0 Å². The third kappa shape index (κ3) is 4.14. The Balaban J connectivity index is 1.97. The van der Waals surface area contributed by atoms with Crippen molar-refractivity contribution in [3.8, 4) is 0 Å². The Labute approximate surface area is 119 Å². The fourth-order valence-electron chi connectivity index (χ4n) is 1.53. The molecule has 0 N–H and O–H groups in total. The molecule has 0 saturated carbocycles. The van der Waals surface area contributed by atoms with Crippen LogP contribution >= 0.6 is 31.9 Å². The second-order valence-corrected chi connectivity index (χ2v) is 5.62. The van der Waals surface area contributed by atoms with Gasteiger partial charge in [0, 0.05) is 8.95 Å². The molecule has 0 aliphatic rings. The molecule has 0 spiro atoms. The lowest BCUT2D eigenvalue weighted by Gasteiger charge is -1.97. The van der Waals surface area contributed by atoms with Gasteiger partial charge in [-0.05, 0) is 41.8 Å². The molecule has 2 rings (SSSR count). The molecule has 86 valence electrons. The molecule has 0 aliphatic carbocycles. The van der Waals surface area contributed by atoms with Crippen molar-refractivity contribution in [1.82, 2.24) is 0 Å². The second-order valence-electron chi connectivity index (χ2n) is 3.78. The van der Waals surface area contributed by atoms with E-state index in [2.05, 4.69) is 92.5 Å². The molecule has 2 aromatic rings. The number of allylic oxidation sites excluding steroid dienone is 1. The Bertz CT molecular complexity index is 495. The van der Waals surface area contributed by atoms with Gasteiger partial charge in [-0.15, -0.1) is 0 Å². The first-order valence-electron chi connectivity index (χ1n) is 5.40. The number of halogens is 2. The van der Waals surface area contributed by atoms with Crippen LogP contribution in [0.5, 0.6) is 0 Å². The lowest BCUT2D eigenvalue weighted by molar-refractivity contribution is 1.27. The molecule has 0 heterocycles. The van der Waals surface area contributed by atoms with E-state index in [1.807, 2.05) is 0 Å². The predicted octanol–water partition coefficient (Wildman–Crippen LogP) is 5.47. The molecule has 0 nitrogen and oxygen atoms in total. The zero-order chi connectivity index (χ0) is 12.1. The highest BCUT2D eigenvalue weighted by Gasteiger charge is 1.90. The van der Waals surface area contributed by atoms with E-state index in [1.54, 1.807) is 0 Å². The van der Waals surface area contributed by atoms with Crippen LogP contribution in [0.15, 0.2) is 63.6 Å². The fraction of sp³-hybridized carbons (Fsp3) is 0.0667. The van der Waals surface area contributed by atoms with Crippen LogP contribution < -0.4 is 0 Å². The Morgan fingerprint density at radius 3 is 1.88 bits per heavy atom. The Hall–Kier alpha value is -0.860. The van der Waals surface area contributed by atoms with Gasteiger partial charge in [0.25, 0.3) is 0 Å². The summed E-state index contributed by atoms with van der Waals surface area (Å²) < 4.78 is 2.24. The summed E-state index contributed by atoms with van der Waals surface area (Å²) in [5.41, 5.74) is 2.55. The molecule has 0 amide bonds. The van der Waals surface area contributed by atoms with Crippen molar-refractivity contribution in [3.63, 3.8) is 0 Å². The highest BCUT2D eigenvalue weighted by molar-refractivity contribution is 9.10. The molecule has 0 aromatic heterocycles. The summed E-state index contributed by atoms with van der Waals surface area (Å²) in [6.07, 6.45) is 5.30. The van der Waals surface area contributed by atoms with Crippen LogP contribution in [0.2, 0.25) is 0 Å². The minimum absolute atomic E-state index is 0.962. The van der Waals surface area contributed by atoms with Crippen LogP contribution in [0.25, 0.3) is 6.08 Å². The maximum absolute atomic E-state index is 3.43. The van der Waals surface area contributed by atoms with E-state index < -0.39 is 0 Å². The first kappa shape index (κ1) is 12.6. The molecule has 0 saturated heterocycles. The normalized spacial score (nSPS) is 10.9. The lowest BCUT2D eigenvalue weighted by Crippen LogP contribution is -1.79. The van der Waals surface area contributed by atoms with Gasteiger partial charge in [0.05, 0.1) is 0 Å². The molecule has 0 bridgehead atoms. The highest BCUT2D eigenvalue weighted by atomic mass is 79.9. The van der Waals surface area contributed by atoms with Crippen molar-refractivity contribution in [2.75, 3.05) is 0 Å². The van der Waals surface area contributed by atoms with Gasteiger partial charge in [-0.3, -0.25) is 0 Å². The summed E-state index contributed by atoms with van der Waals surface area (Å²) in [6.45, 7) is 0. The number of rotatable bonds is 3. The summed E-state index contributed by atoms with van der Waals surface area (Å²) >= 11 is 6.86. The number of hydrogen-bond acceptors (Lipinski definition) is 0. The zero-order valence-corrected chi connectivity index (χ0v) is 12.4. The maximum atomic E-state index is 3.43. The van der Waals surface area contributed by atoms with Crippen molar-refractivity contribution < 1.29 is 0 Å². The summed E-state index contributed by atoms with van der Waals surface area (Å²) in [5, 5.41) is 0. The summed E-state index contributed by atoms with van der Waals surface area (Å²) in [7, 11) is 0. The molecule has 17 heavy (non-hydrogen) atoms. The smallest absolute Gasteiger partial charge is 0.0175 e. The number of benzene rings is 2.